The summed E-state index contributed by atoms with van der Waals surface area (Å²) in [4.78, 5) is 49.0. The molecular weight excluding hydrogens is 498 g/mol. The first-order chi connectivity index (χ1) is 18.0. The van der Waals surface area contributed by atoms with Crippen LogP contribution in [0.25, 0.3) is 0 Å². The largest absolute Gasteiger partial charge is 0.513 e. The number of carbonyl (C=O) groups excluding carboxylic acids is 4. The van der Waals surface area contributed by atoms with E-state index < -0.39 is 29.9 Å². The zero-order valence-corrected chi connectivity index (χ0v) is 23.2. The quantitative estimate of drug-likeness (QED) is 0.187. The zero-order chi connectivity index (χ0) is 28.7. The van der Waals surface area contributed by atoms with Gasteiger partial charge in [-0.3, -0.25) is 9.59 Å². The summed E-state index contributed by atoms with van der Waals surface area (Å²) in [6.45, 7) is 9.51. The lowest BCUT2D eigenvalue weighted by Crippen LogP contribution is -2.53. The topological polar surface area (TPSA) is 150 Å². The molecule has 1 rings (SSSR count). The maximum absolute atomic E-state index is 12.7. The van der Waals surface area contributed by atoms with Crippen molar-refractivity contribution in [2.75, 3.05) is 20.3 Å². The average molecular weight is 540 g/mol. The minimum atomic E-state index is -1.58. The molecule has 2 unspecified atom stereocenters. The molecule has 11 heteroatoms. The summed E-state index contributed by atoms with van der Waals surface area (Å²) in [6.07, 6.45) is -0.462. The third-order valence-electron chi connectivity index (χ3n) is 5.55. The second kappa shape index (κ2) is 16.5. The molecule has 38 heavy (non-hydrogen) atoms. The van der Waals surface area contributed by atoms with Crippen LogP contribution in [-0.2, 0) is 35.0 Å². The Bertz CT molecular complexity index is 934. The number of ether oxygens (including phenoxy) is 6. The number of rotatable bonds is 15. The molecule has 2 N–H and O–H groups in total. The first-order valence-corrected chi connectivity index (χ1v) is 12.9. The third-order valence-corrected chi connectivity index (χ3v) is 5.55. The Labute approximate surface area is 224 Å². The number of hydrogen-bond acceptors (Lipinski definition) is 11. The number of benzene rings is 1. The highest BCUT2D eigenvalue weighted by molar-refractivity contribution is 5.81. The molecule has 11 nitrogen and oxygen atoms in total. The summed E-state index contributed by atoms with van der Waals surface area (Å²) in [5.74, 6) is -1.14. The van der Waals surface area contributed by atoms with Gasteiger partial charge in [-0.1, -0.05) is 40.2 Å². The fourth-order valence-corrected chi connectivity index (χ4v) is 3.49. The summed E-state index contributed by atoms with van der Waals surface area (Å²) in [5, 5.41) is 0. The van der Waals surface area contributed by atoms with Crippen LogP contribution in [0.15, 0.2) is 18.2 Å². The van der Waals surface area contributed by atoms with Crippen molar-refractivity contribution in [3.8, 4) is 11.5 Å². The Kier molecular flexibility index (Phi) is 14.2. The van der Waals surface area contributed by atoms with Gasteiger partial charge < -0.3 is 34.2 Å². The molecule has 0 spiro atoms. The van der Waals surface area contributed by atoms with Crippen LogP contribution in [0.3, 0.4) is 0 Å². The Morgan fingerprint density at radius 3 is 2.03 bits per heavy atom. The van der Waals surface area contributed by atoms with Gasteiger partial charge >= 0.3 is 24.2 Å². The number of esters is 2. The first kappa shape index (κ1) is 32.7. The van der Waals surface area contributed by atoms with E-state index in [1.165, 1.54) is 19.2 Å². The standard InChI is InChI=1S/C27H41NO10/c1-7-12-34-25(31)37-21-11-10-20(15-22(21)38-26(32)35-13-8-2)17-27(28,24(30)33-6)16-19(5)36-23(29)14-18(4)9-3/h10-11,15,18-19H,7-9,12-14,16-17,28H2,1-6H3/t18?,19?,27-/m1/s1. The van der Waals surface area contributed by atoms with E-state index in [1.807, 2.05) is 27.7 Å². The van der Waals surface area contributed by atoms with Crippen molar-refractivity contribution in [2.24, 2.45) is 11.7 Å². The minimum absolute atomic E-state index is 0.0255. The van der Waals surface area contributed by atoms with Crippen LogP contribution in [-0.4, -0.2) is 56.2 Å². The van der Waals surface area contributed by atoms with E-state index >= 15 is 0 Å². The van der Waals surface area contributed by atoms with Crippen LogP contribution < -0.4 is 15.2 Å². The van der Waals surface area contributed by atoms with E-state index in [2.05, 4.69) is 0 Å². The number of nitrogens with two attached hydrogens (primary N) is 1. The molecule has 0 heterocycles. The molecule has 0 aliphatic carbocycles. The van der Waals surface area contributed by atoms with Gasteiger partial charge in [0.05, 0.1) is 20.3 Å². The monoisotopic (exact) mass is 539 g/mol. The van der Waals surface area contributed by atoms with Gasteiger partial charge in [0.25, 0.3) is 0 Å². The van der Waals surface area contributed by atoms with Crippen LogP contribution in [0.4, 0.5) is 9.59 Å². The molecule has 0 amide bonds. The molecule has 0 bridgehead atoms. The molecular formula is C27H41NO10. The van der Waals surface area contributed by atoms with Gasteiger partial charge in [0.15, 0.2) is 11.5 Å². The summed E-state index contributed by atoms with van der Waals surface area (Å²) in [6, 6.07) is 4.34. The summed E-state index contributed by atoms with van der Waals surface area (Å²) in [5.41, 5.74) is 5.36. The van der Waals surface area contributed by atoms with Crippen molar-refractivity contribution in [1.29, 1.82) is 0 Å². The average Bonchev–Trinajstić information content (AvgIpc) is 2.86. The molecule has 1 aromatic carbocycles. The molecule has 0 saturated carbocycles. The maximum atomic E-state index is 12.7. The van der Waals surface area contributed by atoms with Gasteiger partial charge in [-0.15, -0.1) is 0 Å². The minimum Gasteiger partial charge on any atom is -0.468 e. The van der Waals surface area contributed by atoms with E-state index in [4.69, 9.17) is 34.2 Å². The lowest BCUT2D eigenvalue weighted by molar-refractivity contribution is -0.155. The van der Waals surface area contributed by atoms with Crippen LogP contribution in [0, 0.1) is 5.92 Å². The van der Waals surface area contributed by atoms with Crippen LogP contribution in [0.2, 0.25) is 0 Å². The molecule has 0 aromatic heterocycles. The third kappa shape index (κ3) is 11.4. The molecule has 0 saturated heterocycles. The van der Waals surface area contributed by atoms with Crippen molar-refractivity contribution in [2.45, 2.75) is 84.8 Å². The van der Waals surface area contributed by atoms with Gasteiger partial charge in [0, 0.05) is 19.3 Å². The van der Waals surface area contributed by atoms with E-state index in [9.17, 15) is 19.2 Å². The number of carbonyl (C=O) groups is 4. The van der Waals surface area contributed by atoms with Gasteiger partial charge in [0.1, 0.15) is 11.6 Å². The molecule has 3 atom stereocenters. The fraction of sp³-hybridized carbons (Fsp3) is 0.630. The van der Waals surface area contributed by atoms with Crippen molar-refractivity contribution in [1.82, 2.24) is 0 Å². The maximum Gasteiger partial charge on any atom is 0.513 e. The second-order valence-corrected chi connectivity index (χ2v) is 9.23. The van der Waals surface area contributed by atoms with Crippen LogP contribution in [0.5, 0.6) is 11.5 Å². The SMILES string of the molecule is CCCOC(=O)Oc1ccc(C[C@](N)(CC(C)OC(=O)CC(C)CC)C(=O)OC)cc1OC(=O)OCCC. The van der Waals surface area contributed by atoms with Gasteiger partial charge in [-0.2, -0.15) is 0 Å². The smallest absolute Gasteiger partial charge is 0.468 e. The molecule has 1 aromatic rings. The lowest BCUT2D eigenvalue weighted by Gasteiger charge is -2.29. The Morgan fingerprint density at radius 2 is 1.50 bits per heavy atom. The van der Waals surface area contributed by atoms with Gasteiger partial charge in [0.2, 0.25) is 0 Å². The Morgan fingerprint density at radius 1 is 0.921 bits per heavy atom. The highest BCUT2D eigenvalue weighted by atomic mass is 16.7. The number of hydrogen-bond donors (Lipinski definition) is 1. The van der Waals surface area contributed by atoms with Crippen LogP contribution in [0.1, 0.15) is 72.3 Å². The molecule has 0 radical (unpaired) electrons. The lowest BCUT2D eigenvalue weighted by atomic mass is 9.86. The van der Waals surface area contributed by atoms with Crippen molar-refractivity contribution >= 4 is 24.2 Å². The summed E-state index contributed by atoms with van der Waals surface area (Å²) in [7, 11) is 1.21. The highest BCUT2D eigenvalue weighted by Crippen LogP contribution is 2.31. The van der Waals surface area contributed by atoms with E-state index in [0.717, 1.165) is 6.42 Å². The molecule has 0 aliphatic heterocycles. The van der Waals surface area contributed by atoms with E-state index in [-0.39, 0.29) is 55.9 Å². The van der Waals surface area contributed by atoms with Gasteiger partial charge in [-0.25, -0.2) is 9.59 Å². The highest BCUT2D eigenvalue weighted by Gasteiger charge is 2.38. The second-order valence-electron chi connectivity index (χ2n) is 9.23. The predicted molar refractivity (Wildman–Crippen MR) is 138 cm³/mol. The Hall–Kier alpha value is -3.34. The summed E-state index contributed by atoms with van der Waals surface area (Å²) >= 11 is 0. The normalized spacial score (nSPS) is 13.9. The first-order valence-electron chi connectivity index (χ1n) is 12.9. The predicted octanol–water partition coefficient (Wildman–Crippen LogP) is 4.71. The van der Waals surface area contributed by atoms with Crippen molar-refractivity contribution in [3.63, 3.8) is 0 Å². The molecule has 0 fully saturated rings. The summed E-state index contributed by atoms with van der Waals surface area (Å²) < 4.78 is 30.7. The van der Waals surface area contributed by atoms with E-state index in [0.29, 0.717) is 18.4 Å². The van der Waals surface area contributed by atoms with E-state index in [1.54, 1.807) is 13.0 Å². The molecule has 0 aliphatic rings. The number of methoxy groups -OCH3 is 1. The van der Waals surface area contributed by atoms with Gasteiger partial charge in [-0.05, 0) is 43.4 Å². The fourth-order valence-electron chi connectivity index (χ4n) is 3.49. The Balaban J connectivity index is 3.17. The zero-order valence-electron chi connectivity index (χ0n) is 23.2. The van der Waals surface area contributed by atoms with Crippen LogP contribution >= 0.6 is 0 Å². The molecule has 214 valence electrons. The van der Waals surface area contributed by atoms with Crippen molar-refractivity contribution < 1.29 is 47.6 Å². The van der Waals surface area contributed by atoms with Crippen molar-refractivity contribution in [3.05, 3.63) is 23.8 Å².